The van der Waals surface area contributed by atoms with E-state index in [4.69, 9.17) is 4.74 Å². The Kier molecular flexibility index (Phi) is 8.05. The van der Waals surface area contributed by atoms with Gasteiger partial charge in [-0.15, -0.1) is 0 Å². The molecule has 2 atom stereocenters. The number of hydrogen-bond acceptors (Lipinski definition) is 3. The molecule has 0 aliphatic rings. The number of anilines is 1. The summed E-state index contributed by atoms with van der Waals surface area (Å²) in [6.07, 6.45) is 1.66. The van der Waals surface area contributed by atoms with E-state index in [2.05, 4.69) is 17.6 Å². The van der Waals surface area contributed by atoms with E-state index < -0.39 is 6.10 Å². The Bertz CT molecular complexity index is 787. The lowest BCUT2D eigenvalue weighted by molar-refractivity contribution is -0.122. The predicted molar refractivity (Wildman–Crippen MR) is 113 cm³/mol. The Morgan fingerprint density at radius 2 is 1.64 bits per heavy atom. The third kappa shape index (κ3) is 5.84. The van der Waals surface area contributed by atoms with Crippen molar-refractivity contribution in [1.82, 2.24) is 5.32 Å². The topological polar surface area (TPSA) is 67.4 Å². The smallest absolute Gasteiger partial charge is 0.265 e. The number of aryl methyl sites for hydroxylation is 1. The lowest BCUT2D eigenvalue weighted by Crippen LogP contribution is -2.35. The summed E-state index contributed by atoms with van der Waals surface area (Å²) in [4.78, 5) is 25.3. The quantitative estimate of drug-likeness (QED) is 0.667. The van der Waals surface area contributed by atoms with Crippen molar-refractivity contribution in [3.63, 3.8) is 0 Å². The van der Waals surface area contributed by atoms with Crippen molar-refractivity contribution in [3.05, 3.63) is 59.7 Å². The van der Waals surface area contributed by atoms with Gasteiger partial charge in [0.25, 0.3) is 11.8 Å². The number of carbonyl (C=O) groups excluding carboxylic acids is 2. The highest BCUT2D eigenvalue weighted by Gasteiger charge is 2.21. The normalized spacial score (nSPS) is 12.7. The molecule has 0 spiro atoms. The molecule has 0 aliphatic heterocycles. The van der Waals surface area contributed by atoms with Crippen molar-refractivity contribution in [2.24, 2.45) is 0 Å². The molecule has 28 heavy (non-hydrogen) atoms. The van der Waals surface area contributed by atoms with Crippen LogP contribution in [0.25, 0.3) is 0 Å². The van der Waals surface area contributed by atoms with E-state index in [-0.39, 0.29) is 17.9 Å². The first-order valence-corrected chi connectivity index (χ1v) is 9.94. The molecular weight excluding hydrogens is 352 g/mol. The van der Waals surface area contributed by atoms with E-state index in [9.17, 15) is 9.59 Å². The lowest BCUT2D eigenvalue weighted by atomic mass is 10.1. The van der Waals surface area contributed by atoms with Gasteiger partial charge in [0.1, 0.15) is 5.75 Å². The van der Waals surface area contributed by atoms with Gasteiger partial charge in [-0.3, -0.25) is 9.59 Å². The van der Waals surface area contributed by atoms with Crippen LogP contribution in [0.5, 0.6) is 5.75 Å². The zero-order valence-electron chi connectivity index (χ0n) is 17.1. The van der Waals surface area contributed by atoms with Crippen LogP contribution in [0, 0.1) is 0 Å². The Morgan fingerprint density at radius 1 is 0.964 bits per heavy atom. The van der Waals surface area contributed by atoms with Crippen LogP contribution in [0.4, 0.5) is 5.69 Å². The Labute approximate surface area is 167 Å². The van der Waals surface area contributed by atoms with Gasteiger partial charge in [0.2, 0.25) is 0 Å². The minimum Gasteiger partial charge on any atom is -0.481 e. The molecule has 0 fully saturated rings. The van der Waals surface area contributed by atoms with Gasteiger partial charge in [0.15, 0.2) is 6.10 Å². The summed E-state index contributed by atoms with van der Waals surface area (Å²) in [6.45, 7) is 7.94. The number of rotatable bonds is 9. The summed E-state index contributed by atoms with van der Waals surface area (Å²) < 4.78 is 5.87. The van der Waals surface area contributed by atoms with Crippen LogP contribution < -0.4 is 15.4 Å². The van der Waals surface area contributed by atoms with Crippen LogP contribution in [-0.4, -0.2) is 24.0 Å². The van der Waals surface area contributed by atoms with Crippen molar-refractivity contribution < 1.29 is 14.3 Å². The van der Waals surface area contributed by atoms with Crippen LogP contribution >= 0.6 is 0 Å². The van der Waals surface area contributed by atoms with Crippen LogP contribution in [0.15, 0.2) is 48.5 Å². The summed E-state index contributed by atoms with van der Waals surface area (Å²) in [7, 11) is 0. The van der Waals surface area contributed by atoms with Gasteiger partial charge in [-0.1, -0.05) is 45.0 Å². The fraction of sp³-hybridized carbons (Fsp3) is 0.391. The maximum atomic E-state index is 12.8. The molecule has 5 nitrogen and oxygen atoms in total. The van der Waals surface area contributed by atoms with Crippen molar-refractivity contribution in [3.8, 4) is 5.75 Å². The molecule has 0 saturated carbocycles. The Hall–Kier alpha value is -2.82. The van der Waals surface area contributed by atoms with E-state index >= 15 is 0 Å². The van der Waals surface area contributed by atoms with Gasteiger partial charge in [0, 0.05) is 6.04 Å². The number of hydrogen-bond donors (Lipinski definition) is 2. The second kappa shape index (κ2) is 10.5. The molecule has 5 heteroatoms. The molecule has 2 N–H and O–H groups in total. The van der Waals surface area contributed by atoms with Crippen LogP contribution in [0.3, 0.4) is 0 Å². The SMILES string of the molecule is CCc1ccc(O[C@@H](CC)C(=O)Nc2ccccc2C(=O)N[C@@H](C)CC)cc1. The number of nitrogens with one attached hydrogen (secondary N) is 2. The summed E-state index contributed by atoms with van der Waals surface area (Å²) in [5.74, 6) is 0.183. The lowest BCUT2D eigenvalue weighted by Gasteiger charge is -2.19. The molecule has 0 saturated heterocycles. The molecule has 2 aromatic rings. The highest BCUT2D eigenvalue weighted by Crippen LogP contribution is 2.19. The van der Waals surface area contributed by atoms with Crippen LogP contribution in [0.2, 0.25) is 0 Å². The molecular formula is C23H30N2O3. The van der Waals surface area contributed by atoms with Crippen molar-refractivity contribution in [1.29, 1.82) is 0 Å². The number of carbonyl (C=O) groups is 2. The first-order chi connectivity index (χ1) is 13.5. The molecule has 150 valence electrons. The summed E-state index contributed by atoms with van der Waals surface area (Å²) >= 11 is 0. The molecule has 0 radical (unpaired) electrons. The maximum absolute atomic E-state index is 12.8. The minimum absolute atomic E-state index is 0.0640. The summed E-state index contributed by atoms with van der Waals surface area (Å²) in [6, 6.07) is 14.8. The predicted octanol–water partition coefficient (Wildman–Crippen LogP) is 4.57. The number of amides is 2. The highest BCUT2D eigenvalue weighted by molar-refractivity contribution is 6.04. The molecule has 0 aromatic heterocycles. The van der Waals surface area contributed by atoms with E-state index in [1.54, 1.807) is 24.3 Å². The number of ether oxygens (including phenoxy) is 1. The molecule has 2 amide bonds. The van der Waals surface area contributed by atoms with Crippen molar-refractivity contribution >= 4 is 17.5 Å². The summed E-state index contributed by atoms with van der Waals surface area (Å²) in [5, 5.41) is 5.78. The van der Waals surface area contributed by atoms with Gasteiger partial charge in [-0.05, 0) is 56.0 Å². The fourth-order valence-electron chi connectivity index (χ4n) is 2.70. The van der Waals surface area contributed by atoms with Gasteiger partial charge < -0.3 is 15.4 Å². The number of benzene rings is 2. The highest BCUT2D eigenvalue weighted by atomic mass is 16.5. The molecule has 0 unspecified atom stereocenters. The zero-order chi connectivity index (χ0) is 20.5. The number of para-hydroxylation sites is 1. The second-order valence-corrected chi connectivity index (χ2v) is 6.83. The minimum atomic E-state index is -0.641. The van der Waals surface area contributed by atoms with E-state index in [0.29, 0.717) is 23.4 Å². The molecule has 2 aromatic carbocycles. The van der Waals surface area contributed by atoms with Gasteiger partial charge in [0.05, 0.1) is 11.3 Å². The molecule has 2 rings (SSSR count). The fourth-order valence-corrected chi connectivity index (χ4v) is 2.70. The average molecular weight is 383 g/mol. The van der Waals surface area contributed by atoms with Gasteiger partial charge >= 0.3 is 0 Å². The van der Waals surface area contributed by atoms with Crippen LogP contribution in [0.1, 0.15) is 56.5 Å². The standard InChI is InChI=1S/C23H30N2O3/c1-5-16(4)24-22(26)19-10-8-9-11-20(19)25-23(27)21(7-3)28-18-14-12-17(6-2)13-15-18/h8-16,21H,5-7H2,1-4H3,(H,24,26)(H,25,27)/t16-,21-/m0/s1. The van der Waals surface area contributed by atoms with E-state index in [1.165, 1.54) is 5.56 Å². The average Bonchev–Trinajstić information content (AvgIpc) is 2.72. The third-order valence-corrected chi connectivity index (χ3v) is 4.69. The van der Waals surface area contributed by atoms with Gasteiger partial charge in [-0.2, -0.15) is 0 Å². The summed E-state index contributed by atoms with van der Waals surface area (Å²) in [5.41, 5.74) is 2.14. The first-order valence-electron chi connectivity index (χ1n) is 9.94. The van der Waals surface area contributed by atoms with E-state index in [1.807, 2.05) is 45.0 Å². The Balaban J connectivity index is 2.10. The van der Waals surface area contributed by atoms with E-state index in [0.717, 1.165) is 12.8 Å². The molecule has 0 bridgehead atoms. The van der Waals surface area contributed by atoms with Gasteiger partial charge in [-0.25, -0.2) is 0 Å². The molecule has 0 heterocycles. The third-order valence-electron chi connectivity index (χ3n) is 4.69. The second-order valence-electron chi connectivity index (χ2n) is 6.83. The zero-order valence-corrected chi connectivity index (χ0v) is 17.1. The monoisotopic (exact) mass is 382 g/mol. The largest absolute Gasteiger partial charge is 0.481 e. The van der Waals surface area contributed by atoms with Crippen molar-refractivity contribution in [2.45, 2.75) is 59.1 Å². The van der Waals surface area contributed by atoms with Crippen molar-refractivity contribution in [2.75, 3.05) is 5.32 Å². The Morgan fingerprint density at radius 3 is 2.25 bits per heavy atom. The maximum Gasteiger partial charge on any atom is 0.265 e. The first kappa shape index (κ1) is 21.5. The van der Waals surface area contributed by atoms with Crippen LogP contribution in [-0.2, 0) is 11.2 Å². The molecule has 0 aliphatic carbocycles.